The molecule has 2 amide bonds. The van der Waals surface area contributed by atoms with Gasteiger partial charge in [0, 0.05) is 67.1 Å². The van der Waals surface area contributed by atoms with Gasteiger partial charge in [-0.15, -0.1) is 0 Å². The van der Waals surface area contributed by atoms with E-state index in [0.717, 1.165) is 17.4 Å². The number of ether oxygens (including phenoxy) is 2. The normalized spacial score (nSPS) is 18.5. The molecule has 4 heterocycles. The number of nitrogens with zero attached hydrogens (tertiary/aromatic N) is 6. The van der Waals surface area contributed by atoms with Crippen LogP contribution in [-0.2, 0) is 27.4 Å². The molecule has 64 heavy (non-hydrogen) atoms. The van der Waals surface area contributed by atoms with Gasteiger partial charge in [0.05, 0.1) is 24.6 Å². The summed E-state index contributed by atoms with van der Waals surface area (Å²) in [6.07, 6.45) is -5.15. The second-order valence-electron chi connectivity index (χ2n) is 14.7. The van der Waals surface area contributed by atoms with Crippen LogP contribution < -0.4 is 31.2 Å². The first-order chi connectivity index (χ1) is 30.2. The number of nitrogens with two attached hydrogens (primary N) is 1. The zero-order valence-corrected chi connectivity index (χ0v) is 36.0. The van der Waals surface area contributed by atoms with Gasteiger partial charge in [0.25, 0.3) is 5.91 Å². The summed E-state index contributed by atoms with van der Waals surface area (Å²) >= 11 is 0. The molecule has 1 fully saturated rings. The smallest absolute Gasteiger partial charge is 0.478 e. The second kappa shape index (κ2) is 18.0. The first kappa shape index (κ1) is 45.7. The molecule has 1 saturated heterocycles. The Morgan fingerprint density at radius 1 is 0.969 bits per heavy atom. The van der Waals surface area contributed by atoms with Crippen LogP contribution in [0, 0.1) is 0 Å². The van der Waals surface area contributed by atoms with Crippen molar-refractivity contribution in [3.8, 4) is 22.5 Å². The molecule has 1 unspecified atom stereocenters. The summed E-state index contributed by atoms with van der Waals surface area (Å²) in [5, 5.41) is 28.1. The Bertz CT molecular complexity index is 2930. The van der Waals surface area contributed by atoms with Gasteiger partial charge in [-0.25, -0.2) is 38.2 Å². The van der Waals surface area contributed by atoms with E-state index in [2.05, 4.69) is 34.4 Å². The van der Waals surface area contributed by atoms with E-state index in [1.807, 2.05) is 74.1 Å². The number of amides is 2. The largest absolute Gasteiger partial charge is 0.481 e. The molecule has 24 nitrogen and oxygen atoms in total. The molecule has 0 spiro atoms. The molecule has 7 rings (SSSR count). The first-order valence-electron chi connectivity index (χ1n) is 19.0. The Morgan fingerprint density at radius 2 is 1.72 bits per heavy atom. The maximum atomic E-state index is 13.6. The predicted molar refractivity (Wildman–Crippen MR) is 226 cm³/mol. The first-order valence-corrected chi connectivity index (χ1v) is 22.0. The molecular formula is C38H42N9O15P2+. The number of nitrogen functional groups attached to an aromatic ring is 1. The predicted octanol–water partition coefficient (Wildman–Crippen LogP) is 1.73. The lowest BCUT2D eigenvalue weighted by molar-refractivity contribution is -0.0522. The lowest BCUT2D eigenvalue weighted by Crippen LogP contribution is -2.41. The number of benzene rings is 3. The molecule has 9 N–H and O–H groups in total. The molecule has 0 bridgehead atoms. The van der Waals surface area contributed by atoms with Crippen molar-refractivity contribution in [2.24, 2.45) is 0 Å². The van der Waals surface area contributed by atoms with Gasteiger partial charge in [-0.3, -0.25) is 13.9 Å². The number of carboxylic acid groups (broad SMARTS) is 1. The van der Waals surface area contributed by atoms with Crippen LogP contribution in [0.25, 0.3) is 44.6 Å². The number of phosphoric acid groups is 2. The molecule has 4 aromatic rings. The Morgan fingerprint density at radius 3 is 2.42 bits per heavy atom. The summed E-state index contributed by atoms with van der Waals surface area (Å²) < 4.78 is 52.5. The number of fused-ring (bicyclic) bond motifs is 3. The van der Waals surface area contributed by atoms with Crippen LogP contribution in [0.4, 0.5) is 16.3 Å². The molecule has 2 aliphatic heterocycles. The van der Waals surface area contributed by atoms with Crippen molar-refractivity contribution in [3.05, 3.63) is 83.7 Å². The number of hydrogen-bond donors (Lipinski definition) is 8. The third kappa shape index (κ3) is 9.74. The van der Waals surface area contributed by atoms with Crippen LogP contribution in [0.3, 0.4) is 0 Å². The maximum Gasteiger partial charge on any atom is 0.481 e. The Labute approximate surface area is 361 Å². The summed E-state index contributed by atoms with van der Waals surface area (Å²) in [6.45, 7) is -1.34. The van der Waals surface area contributed by atoms with Gasteiger partial charge in [-0.1, -0.05) is 0 Å². The quantitative estimate of drug-likeness (QED) is 0.0334. The van der Waals surface area contributed by atoms with Crippen molar-refractivity contribution in [1.29, 1.82) is 0 Å². The van der Waals surface area contributed by atoms with Crippen molar-refractivity contribution >= 4 is 67.3 Å². The maximum absolute atomic E-state index is 13.6. The van der Waals surface area contributed by atoms with Gasteiger partial charge in [0.2, 0.25) is 5.36 Å². The van der Waals surface area contributed by atoms with Crippen LogP contribution in [0.1, 0.15) is 26.9 Å². The van der Waals surface area contributed by atoms with Gasteiger partial charge in [-0.2, -0.15) is 4.31 Å². The Hall–Kier alpha value is -6.33. The van der Waals surface area contributed by atoms with Crippen LogP contribution in [-0.4, -0.2) is 129 Å². The highest BCUT2D eigenvalue weighted by atomic mass is 31.3. The highest BCUT2D eigenvalue weighted by Gasteiger charge is 2.49. The highest BCUT2D eigenvalue weighted by Crippen LogP contribution is 2.58. The van der Waals surface area contributed by atoms with Gasteiger partial charge in [-0.05, 0) is 42.0 Å². The van der Waals surface area contributed by atoms with E-state index in [9.17, 15) is 38.6 Å². The van der Waals surface area contributed by atoms with Crippen molar-refractivity contribution in [3.63, 3.8) is 0 Å². The van der Waals surface area contributed by atoms with Crippen LogP contribution >= 0.6 is 15.6 Å². The molecule has 2 aromatic heterocycles. The second-order valence-corrected chi connectivity index (χ2v) is 17.5. The summed E-state index contributed by atoms with van der Waals surface area (Å²) in [5.41, 5.74) is 8.89. The number of hydrogen-bond acceptors (Lipinski definition) is 16. The molecule has 5 atom stereocenters. The summed E-state index contributed by atoms with van der Waals surface area (Å²) in [6, 6.07) is 15.3. The highest BCUT2D eigenvalue weighted by molar-refractivity contribution is 7.60. The lowest BCUT2D eigenvalue weighted by Gasteiger charge is -2.22. The SMILES string of the molecule is CN(C)c1ccc2c(-c3cc(C(=O)NCCNC(=O)O[C@@H]4[C@H](O)[C@@H](COP(=O)(O)OP(=O)(O)O)O[C@H]4n4cnc5c(N)ncnc54)ccc3C(=O)O)c3ccc(=[N+](C)C)cc-3oc2c1. The average Bonchev–Trinajstić information content (AvgIpc) is 3.79. The van der Waals surface area contributed by atoms with Gasteiger partial charge in [0.15, 0.2) is 23.8 Å². The minimum absolute atomic E-state index is 0.0141. The number of alkyl carbamates (subject to hydrolysis) is 1. The lowest BCUT2D eigenvalue weighted by atomic mass is 9.89. The number of aliphatic hydroxyl groups excluding tert-OH is 1. The monoisotopic (exact) mass is 926 g/mol. The van der Waals surface area contributed by atoms with E-state index < -0.39 is 64.8 Å². The number of carbonyl (C=O) groups excluding carboxylic acids is 2. The number of phosphoric ester groups is 1. The van der Waals surface area contributed by atoms with Gasteiger partial charge in [0.1, 0.15) is 49.5 Å². The zero-order valence-electron chi connectivity index (χ0n) is 34.3. The van der Waals surface area contributed by atoms with Crippen molar-refractivity contribution in [2.75, 3.05) is 58.5 Å². The van der Waals surface area contributed by atoms with Crippen LogP contribution in [0.2, 0.25) is 0 Å². The zero-order chi connectivity index (χ0) is 46.2. The van der Waals surface area contributed by atoms with E-state index in [0.29, 0.717) is 27.9 Å². The molecule has 0 radical (unpaired) electrons. The Kier molecular flexibility index (Phi) is 12.9. The summed E-state index contributed by atoms with van der Waals surface area (Å²) in [7, 11) is -3.32. The number of imidazole rings is 1. The number of carbonyl (C=O) groups is 3. The number of rotatable bonds is 14. The summed E-state index contributed by atoms with van der Waals surface area (Å²) in [5.74, 6) is -1.35. The number of anilines is 2. The van der Waals surface area contributed by atoms with E-state index >= 15 is 0 Å². The van der Waals surface area contributed by atoms with Gasteiger partial charge >= 0.3 is 27.7 Å². The van der Waals surface area contributed by atoms with E-state index in [1.165, 1.54) is 29.1 Å². The fourth-order valence-corrected chi connectivity index (χ4v) is 8.59. The molecule has 338 valence electrons. The van der Waals surface area contributed by atoms with Crippen LogP contribution in [0.5, 0.6) is 0 Å². The van der Waals surface area contributed by atoms with E-state index in [1.54, 1.807) is 0 Å². The molecular weight excluding hydrogens is 884 g/mol. The van der Waals surface area contributed by atoms with Crippen LogP contribution in [0.15, 0.2) is 71.7 Å². The minimum Gasteiger partial charge on any atom is -0.478 e. The van der Waals surface area contributed by atoms with Crippen molar-refractivity contribution < 1.29 is 71.1 Å². The van der Waals surface area contributed by atoms with Crippen molar-refractivity contribution in [2.45, 2.75) is 24.5 Å². The molecule has 26 heteroatoms. The Balaban J connectivity index is 1.08. The fraction of sp³-hybridized carbons (Fsp3) is 0.289. The molecule has 2 aromatic carbocycles. The third-order valence-corrected chi connectivity index (χ3v) is 12.2. The fourth-order valence-electron chi connectivity index (χ4n) is 6.99. The van der Waals surface area contributed by atoms with Crippen molar-refractivity contribution in [1.82, 2.24) is 34.7 Å². The molecule has 1 aliphatic carbocycles. The average molecular weight is 927 g/mol. The topological polar surface area (TPSA) is 336 Å². The van der Waals surface area contributed by atoms with E-state index in [4.69, 9.17) is 29.4 Å². The standard InChI is InChI=1S/C38H41N9O15P2/c1-45(2)20-6-9-23-26(14-20)59-27-15-21(46(3)4)7-10-24(27)29(23)25-13-19(5-8-22(25)37(50)51)35(49)40-11-12-41-38(52)61-32-31(48)28(16-58-64(56,57)62-63(53,54)55)60-36(32)47-18-44-30-33(39)42-17-43-34(30)47/h5-10,13-15,17-18,28,31-32,36,48H,11-12,16H2,1-4H3,(H7-,39,40,41,42,43,49,50,51,52,53,54,55,56,57)/p+1/t28-,31-,32-,36-/m1/s1. The molecule has 0 saturated carbocycles. The number of aliphatic hydroxyl groups is 1. The number of nitrogens with one attached hydrogen (secondary N) is 2. The minimum atomic E-state index is -5.47. The number of aromatic nitrogens is 4. The number of carboxylic acids is 1. The summed E-state index contributed by atoms with van der Waals surface area (Å²) in [4.78, 5) is 81.0. The van der Waals surface area contributed by atoms with Gasteiger partial charge < -0.3 is 60.1 Å². The number of aromatic carboxylic acids is 1. The molecule has 3 aliphatic rings. The third-order valence-electron chi connectivity index (χ3n) is 10.0. The van der Waals surface area contributed by atoms with E-state index in [-0.39, 0.29) is 46.8 Å².